The predicted octanol–water partition coefficient (Wildman–Crippen LogP) is 4.13. The zero-order valence-electron chi connectivity index (χ0n) is 18.9. The Hall–Kier alpha value is -4.04. The minimum absolute atomic E-state index is 0.134. The monoisotopic (exact) mass is 458 g/mol. The van der Waals surface area contributed by atoms with Crippen molar-refractivity contribution in [2.24, 2.45) is 0 Å². The number of likely N-dealkylation sites (tertiary alicyclic amines) is 1. The molecule has 1 fully saturated rings. The number of hydrogen-bond acceptors (Lipinski definition) is 6. The zero-order valence-corrected chi connectivity index (χ0v) is 18.9. The average molecular weight is 459 g/mol. The molecule has 2 aromatic carbocycles. The lowest BCUT2D eigenvalue weighted by Gasteiger charge is -2.25. The van der Waals surface area contributed by atoms with Crippen LogP contribution in [0.2, 0.25) is 0 Å². The van der Waals surface area contributed by atoms with Crippen molar-refractivity contribution in [2.45, 2.75) is 19.4 Å². The van der Waals surface area contributed by atoms with Gasteiger partial charge in [-0.25, -0.2) is 9.78 Å². The lowest BCUT2D eigenvalue weighted by molar-refractivity contribution is -0.121. The highest BCUT2D eigenvalue weighted by Crippen LogP contribution is 2.17. The van der Waals surface area contributed by atoms with Crippen molar-refractivity contribution < 1.29 is 19.1 Å². The van der Waals surface area contributed by atoms with Gasteiger partial charge in [-0.2, -0.15) is 0 Å². The van der Waals surface area contributed by atoms with E-state index in [1.807, 2.05) is 30.3 Å². The average Bonchev–Trinajstić information content (AvgIpc) is 2.87. The molecule has 1 aromatic heterocycles. The number of para-hydroxylation sites is 1. The van der Waals surface area contributed by atoms with Crippen molar-refractivity contribution in [3.8, 4) is 5.88 Å². The second-order valence-corrected chi connectivity index (χ2v) is 8.11. The maximum Gasteiger partial charge on any atom is 0.420 e. The largest absolute Gasteiger partial charge is 0.420 e. The molecule has 0 unspecified atom stereocenters. The first-order valence-electron chi connectivity index (χ1n) is 11.1. The summed E-state index contributed by atoms with van der Waals surface area (Å²) in [7, 11) is 1.62. The van der Waals surface area contributed by atoms with E-state index in [1.54, 1.807) is 37.4 Å². The van der Waals surface area contributed by atoms with Crippen LogP contribution in [-0.4, -0.2) is 47.8 Å². The van der Waals surface area contributed by atoms with Crippen molar-refractivity contribution in [3.05, 3.63) is 84.1 Å². The Balaban J connectivity index is 1.29. The molecule has 0 spiro atoms. The third kappa shape index (κ3) is 6.05. The highest BCUT2D eigenvalue weighted by molar-refractivity contribution is 6.04. The molecular formula is C26H26N4O4. The third-order valence-corrected chi connectivity index (χ3v) is 5.64. The summed E-state index contributed by atoms with van der Waals surface area (Å²) >= 11 is 0. The number of carbonyl (C=O) groups is 3. The molecule has 2 amide bonds. The number of hydrogen-bond donors (Lipinski definition) is 1. The second kappa shape index (κ2) is 10.7. The minimum Gasteiger partial charge on any atom is -0.391 e. The van der Waals surface area contributed by atoms with E-state index in [0.29, 0.717) is 35.6 Å². The molecule has 4 rings (SSSR count). The standard InChI is InChI=1S/C26H26N4O4/c1-29(22-5-3-2-4-6-22)26(33)34-24-12-11-21(17-27-24)28-25(32)20-9-7-19(8-10-20)18-30-15-13-23(31)14-16-30/h2-12,17H,13-16,18H2,1H3,(H,28,32). The zero-order chi connectivity index (χ0) is 23.9. The van der Waals surface area contributed by atoms with Crippen molar-refractivity contribution in [1.29, 1.82) is 0 Å². The van der Waals surface area contributed by atoms with Crippen LogP contribution in [0.5, 0.6) is 5.88 Å². The molecule has 2 heterocycles. The molecule has 1 N–H and O–H groups in total. The Kier molecular flexibility index (Phi) is 7.29. The van der Waals surface area contributed by atoms with Gasteiger partial charge in [0, 0.05) is 56.8 Å². The molecule has 0 radical (unpaired) electrons. The summed E-state index contributed by atoms with van der Waals surface area (Å²) in [6.07, 6.45) is 2.09. The van der Waals surface area contributed by atoms with Gasteiger partial charge in [0.2, 0.25) is 5.88 Å². The van der Waals surface area contributed by atoms with Gasteiger partial charge in [0.15, 0.2) is 0 Å². The molecule has 3 aromatic rings. The van der Waals surface area contributed by atoms with Crippen LogP contribution in [0.1, 0.15) is 28.8 Å². The van der Waals surface area contributed by atoms with Gasteiger partial charge in [0.1, 0.15) is 5.78 Å². The summed E-state index contributed by atoms with van der Waals surface area (Å²) in [6.45, 7) is 2.32. The Morgan fingerprint density at radius 1 is 1.00 bits per heavy atom. The Labute approximate surface area is 198 Å². The maximum absolute atomic E-state index is 12.6. The highest BCUT2D eigenvalue weighted by atomic mass is 16.6. The molecule has 1 saturated heterocycles. The molecule has 0 bridgehead atoms. The van der Waals surface area contributed by atoms with E-state index in [2.05, 4.69) is 15.2 Å². The number of ketones is 1. The molecule has 8 heteroatoms. The van der Waals surface area contributed by atoms with Gasteiger partial charge in [-0.15, -0.1) is 0 Å². The van der Waals surface area contributed by atoms with Crippen molar-refractivity contribution in [3.63, 3.8) is 0 Å². The SMILES string of the molecule is CN(C(=O)Oc1ccc(NC(=O)c2ccc(CN3CCC(=O)CC3)cc2)cn1)c1ccccc1. The third-order valence-electron chi connectivity index (χ3n) is 5.64. The molecule has 1 aliphatic rings. The topological polar surface area (TPSA) is 91.8 Å². The van der Waals surface area contributed by atoms with Crippen LogP contribution in [0.15, 0.2) is 72.9 Å². The lowest BCUT2D eigenvalue weighted by atomic mass is 10.1. The molecule has 0 atom stereocenters. The summed E-state index contributed by atoms with van der Waals surface area (Å²) in [5, 5.41) is 2.79. The van der Waals surface area contributed by atoms with E-state index in [4.69, 9.17) is 4.74 Å². The van der Waals surface area contributed by atoms with Crippen molar-refractivity contribution >= 4 is 29.2 Å². The Morgan fingerprint density at radius 2 is 1.71 bits per heavy atom. The van der Waals surface area contributed by atoms with E-state index in [0.717, 1.165) is 25.2 Å². The second-order valence-electron chi connectivity index (χ2n) is 8.11. The number of anilines is 2. The van der Waals surface area contributed by atoms with Crippen LogP contribution < -0.4 is 15.0 Å². The van der Waals surface area contributed by atoms with Crippen LogP contribution in [-0.2, 0) is 11.3 Å². The van der Waals surface area contributed by atoms with E-state index in [9.17, 15) is 14.4 Å². The smallest absolute Gasteiger partial charge is 0.391 e. The molecule has 0 aliphatic carbocycles. The number of amides is 2. The fourth-order valence-electron chi connectivity index (χ4n) is 3.61. The van der Waals surface area contributed by atoms with E-state index in [-0.39, 0.29) is 11.8 Å². The van der Waals surface area contributed by atoms with Crippen LogP contribution in [0.25, 0.3) is 0 Å². The number of rotatable bonds is 6. The summed E-state index contributed by atoms with van der Waals surface area (Å²) in [5.41, 5.74) is 2.81. The quantitative estimate of drug-likeness (QED) is 0.597. The number of ether oxygens (including phenoxy) is 1. The fraction of sp³-hybridized carbons (Fsp3) is 0.231. The lowest BCUT2D eigenvalue weighted by Crippen LogP contribution is -2.33. The first kappa shape index (κ1) is 23.1. The van der Waals surface area contributed by atoms with Gasteiger partial charge in [-0.3, -0.25) is 19.4 Å². The molecule has 34 heavy (non-hydrogen) atoms. The van der Waals surface area contributed by atoms with Crippen LogP contribution >= 0.6 is 0 Å². The number of Topliss-reactive ketones (excluding diaryl/α,β-unsaturated/α-hetero) is 1. The molecule has 174 valence electrons. The maximum atomic E-state index is 12.6. The summed E-state index contributed by atoms with van der Waals surface area (Å²) in [6, 6.07) is 19.7. The summed E-state index contributed by atoms with van der Waals surface area (Å²) in [5.74, 6) is 0.198. The summed E-state index contributed by atoms with van der Waals surface area (Å²) < 4.78 is 5.30. The van der Waals surface area contributed by atoms with E-state index >= 15 is 0 Å². The van der Waals surface area contributed by atoms with Crippen LogP contribution in [0.3, 0.4) is 0 Å². The number of benzene rings is 2. The Bertz CT molecular complexity index is 1140. The highest BCUT2D eigenvalue weighted by Gasteiger charge is 2.17. The van der Waals surface area contributed by atoms with Gasteiger partial charge in [0.05, 0.1) is 11.9 Å². The number of piperidine rings is 1. The molecule has 1 aliphatic heterocycles. The van der Waals surface area contributed by atoms with Gasteiger partial charge in [-0.05, 0) is 35.9 Å². The van der Waals surface area contributed by atoms with Gasteiger partial charge >= 0.3 is 6.09 Å². The van der Waals surface area contributed by atoms with Crippen molar-refractivity contribution in [2.75, 3.05) is 30.4 Å². The van der Waals surface area contributed by atoms with Crippen LogP contribution in [0.4, 0.5) is 16.2 Å². The number of nitrogens with one attached hydrogen (secondary N) is 1. The van der Waals surface area contributed by atoms with Gasteiger partial charge in [-0.1, -0.05) is 30.3 Å². The van der Waals surface area contributed by atoms with Gasteiger partial charge < -0.3 is 10.1 Å². The molecule has 0 saturated carbocycles. The first-order valence-corrected chi connectivity index (χ1v) is 11.1. The van der Waals surface area contributed by atoms with Gasteiger partial charge in [0.25, 0.3) is 5.91 Å². The van der Waals surface area contributed by atoms with E-state index in [1.165, 1.54) is 17.2 Å². The normalized spacial score (nSPS) is 13.9. The fourth-order valence-corrected chi connectivity index (χ4v) is 3.61. The number of aromatic nitrogens is 1. The number of pyridine rings is 1. The number of carbonyl (C=O) groups excluding carboxylic acids is 3. The first-order chi connectivity index (χ1) is 16.5. The molecule has 8 nitrogen and oxygen atoms in total. The minimum atomic E-state index is -0.563. The van der Waals surface area contributed by atoms with Crippen molar-refractivity contribution in [1.82, 2.24) is 9.88 Å². The Morgan fingerprint density at radius 3 is 2.35 bits per heavy atom. The molecular weight excluding hydrogens is 432 g/mol. The predicted molar refractivity (Wildman–Crippen MR) is 129 cm³/mol. The summed E-state index contributed by atoms with van der Waals surface area (Å²) in [4.78, 5) is 44.0. The van der Waals surface area contributed by atoms with Crippen LogP contribution in [0, 0.1) is 0 Å². The number of nitrogens with zero attached hydrogens (tertiary/aromatic N) is 3. The van der Waals surface area contributed by atoms with E-state index < -0.39 is 6.09 Å².